The molecule has 0 bridgehead atoms. The van der Waals surface area contributed by atoms with Crippen LogP contribution in [0, 0.1) is 0 Å². The van der Waals surface area contributed by atoms with Crippen molar-refractivity contribution in [1.29, 1.82) is 0 Å². The fraction of sp³-hybridized carbons (Fsp3) is 0.556. The molecule has 2 aromatic heterocycles. The van der Waals surface area contributed by atoms with Gasteiger partial charge >= 0.3 is 13.7 Å². The number of hydrogen-bond acceptors (Lipinski definition) is 12. The van der Waals surface area contributed by atoms with Crippen LogP contribution in [0.15, 0.2) is 36.7 Å². The van der Waals surface area contributed by atoms with Crippen molar-refractivity contribution < 1.29 is 46.5 Å². The van der Waals surface area contributed by atoms with Gasteiger partial charge in [0.25, 0.3) is 5.85 Å². The Morgan fingerprint density at radius 3 is 2.66 bits per heavy atom. The van der Waals surface area contributed by atoms with Crippen LogP contribution in [0.4, 0.5) is 14.7 Å². The number of rotatable bonds is 12. The van der Waals surface area contributed by atoms with Crippen LogP contribution in [-0.2, 0) is 23.4 Å². The molecule has 0 spiro atoms. The number of nitrogens with zero attached hydrogens (tertiary/aromatic N) is 4. The van der Waals surface area contributed by atoms with Crippen LogP contribution >= 0.6 is 7.75 Å². The summed E-state index contributed by atoms with van der Waals surface area (Å²) in [5.74, 6) is -4.09. The molecule has 1 saturated heterocycles. The molecular weight excluding hydrogens is 605 g/mol. The van der Waals surface area contributed by atoms with Crippen molar-refractivity contribution in [3.8, 4) is 11.6 Å². The Hall–Kier alpha value is -3.43. The first-order valence-corrected chi connectivity index (χ1v) is 15.7. The van der Waals surface area contributed by atoms with Crippen LogP contribution in [-0.4, -0.2) is 73.6 Å². The predicted octanol–water partition coefficient (Wildman–Crippen LogP) is 3.76. The van der Waals surface area contributed by atoms with Gasteiger partial charge in [0.15, 0.2) is 29.2 Å². The number of fused-ring (bicyclic) bond motifs is 1. The molecule has 14 nitrogen and oxygen atoms in total. The third kappa shape index (κ3) is 6.49. The van der Waals surface area contributed by atoms with Crippen LogP contribution in [0.2, 0.25) is 0 Å². The Kier molecular flexibility index (Phi) is 9.10. The first kappa shape index (κ1) is 32.0. The summed E-state index contributed by atoms with van der Waals surface area (Å²) in [7, 11) is -4.58. The number of alkyl halides is 2. The zero-order valence-electron chi connectivity index (χ0n) is 24.4. The Morgan fingerprint density at radius 2 is 1.98 bits per heavy atom. The van der Waals surface area contributed by atoms with Crippen molar-refractivity contribution in [2.24, 2.45) is 0 Å². The molecule has 0 radical (unpaired) electrons. The number of benzene rings is 1. The summed E-state index contributed by atoms with van der Waals surface area (Å²) in [6.45, 7) is 2.97. The molecule has 4 N–H and O–H groups in total. The predicted molar refractivity (Wildman–Crippen MR) is 152 cm³/mol. The average molecular weight is 641 g/mol. The fourth-order valence-electron chi connectivity index (χ4n) is 5.12. The van der Waals surface area contributed by atoms with Crippen molar-refractivity contribution in [1.82, 2.24) is 24.6 Å². The van der Waals surface area contributed by atoms with Crippen molar-refractivity contribution in [3.63, 3.8) is 0 Å². The standard InChI is InChI=1S/C27H35F2N6O8P/c1-4-39-21-19-20(32-25(30)33-21)35(15-31-19)24-26(3,28)23(37)27(29,42-24)14-40-44(38,43-18-12-6-5-7-13-18)34-16(2)22(36)41-17-10-8-9-11-17/h5-7,12-13,15-17,23-24,37H,4,8-11,14H2,1-3H3,(H,34,38)(H2,30,32,33)/t16-,23-,24+,26+,27+,44?/m0/s1. The number of hydrogen-bond donors (Lipinski definition) is 3. The number of nitrogens with two attached hydrogens (primary N) is 1. The second kappa shape index (κ2) is 12.5. The third-order valence-electron chi connectivity index (χ3n) is 7.36. The normalized spacial score (nSPS) is 27.7. The highest BCUT2D eigenvalue weighted by Gasteiger charge is 2.65. The highest BCUT2D eigenvalue weighted by Crippen LogP contribution is 2.52. The quantitative estimate of drug-likeness (QED) is 0.192. The molecule has 44 heavy (non-hydrogen) atoms. The number of nitrogens with one attached hydrogen (secondary N) is 1. The lowest BCUT2D eigenvalue weighted by atomic mass is 9.97. The SMILES string of the molecule is CCOc1nc(N)nc2c1ncn2[C@@H]1O[C@](F)(COP(=O)(N[C@@H](C)C(=O)OC2CCCC2)Oc2ccccc2)[C@@H](O)[C@@]1(C)F. The lowest BCUT2D eigenvalue weighted by Crippen LogP contribution is -2.47. The van der Waals surface area contributed by atoms with Gasteiger partial charge in [0, 0.05) is 0 Å². The minimum Gasteiger partial charge on any atom is -0.476 e. The minimum atomic E-state index is -4.58. The second-order valence-electron chi connectivity index (χ2n) is 10.8. The number of halogens is 2. The van der Waals surface area contributed by atoms with E-state index in [2.05, 4.69) is 20.0 Å². The van der Waals surface area contributed by atoms with Gasteiger partial charge in [-0.1, -0.05) is 18.2 Å². The van der Waals surface area contributed by atoms with Crippen LogP contribution in [0.1, 0.15) is 52.7 Å². The molecule has 1 aliphatic heterocycles. The number of aromatic nitrogens is 4. The van der Waals surface area contributed by atoms with E-state index < -0.39 is 50.2 Å². The maximum atomic E-state index is 16.3. The molecule has 17 heteroatoms. The van der Waals surface area contributed by atoms with Crippen molar-refractivity contribution >= 4 is 30.8 Å². The summed E-state index contributed by atoms with van der Waals surface area (Å²) in [6.07, 6.45) is -0.136. The zero-order chi connectivity index (χ0) is 31.7. The molecule has 240 valence electrons. The topological polar surface area (TPSA) is 182 Å². The number of esters is 1. The van der Waals surface area contributed by atoms with Gasteiger partial charge < -0.3 is 29.6 Å². The van der Waals surface area contributed by atoms with Crippen molar-refractivity contribution in [3.05, 3.63) is 36.7 Å². The molecule has 1 unspecified atom stereocenters. The van der Waals surface area contributed by atoms with E-state index in [9.17, 15) is 14.5 Å². The highest BCUT2D eigenvalue weighted by molar-refractivity contribution is 7.52. The minimum absolute atomic E-state index is 0.0216. The third-order valence-corrected chi connectivity index (χ3v) is 8.99. The largest absolute Gasteiger partial charge is 0.476 e. The number of nitrogen functional groups attached to an aromatic ring is 1. The van der Waals surface area contributed by atoms with Gasteiger partial charge in [0.2, 0.25) is 11.8 Å². The Morgan fingerprint density at radius 1 is 1.27 bits per heavy atom. The Labute approximate surface area is 251 Å². The van der Waals surface area contributed by atoms with Gasteiger partial charge in [-0.3, -0.25) is 13.9 Å². The number of ether oxygens (including phenoxy) is 3. The maximum absolute atomic E-state index is 16.3. The summed E-state index contributed by atoms with van der Waals surface area (Å²) in [6, 6.07) is 6.61. The number of anilines is 1. The van der Waals surface area contributed by atoms with E-state index in [1.54, 1.807) is 25.1 Å². The highest BCUT2D eigenvalue weighted by atomic mass is 31.2. The van der Waals surface area contributed by atoms with Crippen LogP contribution in [0.3, 0.4) is 0 Å². The molecule has 6 atom stereocenters. The molecule has 1 saturated carbocycles. The first-order valence-electron chi connectivity index (χ1n) is 14.2. The number of carbonyl (C=O) groups excluding carboxylic acids is 1. The van der Waals surface area contributed by atoms with Gasteiger partial charge in [-0.25, -0.2) is 18.3 Å². The number of para-hydroxylation sites is 1. The van der Waals surface area contributed by atoms with Gasteiger partial charge in [-0.15, -0.1) is 0 Å². The molecule has 0 amide bonds. The van der Waals surface area contributed by atoms with Gasteiger partial charge in [0.1, 0.15) is 24.5 Å². The Bertz CT molecular complexity index is 1520. The molecule has 1 aliphatic carbocycles. The number of imidazole rings is 1. The van der Waals surface area contributed by atoms with Crippen molar-refractivity contribution in [2.45, 2.75) is 82.5 Å². The fourth-order valence-corrected chi connectivity index (χ4v) is 6.63. The maximum Gasteiger partial charge on any atom is 0.459 e. The van der Waals surface area contributed by atoms with Gasteiger partial charge in [-0.2, -0.15) is 15.1 Å². The van der Waals surface area contributed by atoms with Crippen LogP contribution in [0.25, 0.3) is 11.2 Å². The first-order chi connectivity index (χ1) is 20.8. The molecule has 5 rings (SSSR count). The number of aliphatic hydroxyl groups excluding tert-OH is 1. The smallest absolute Gasteiger partial charge is 0.459 e. The molecule has 2 aliphatic rings. The molecule has 1 aromatic carbocycles. The van der Waals surface area contributed by atoms with E-state index >= 15 is 8.78 Å². The van der Waals surface area contributed by atoms with E-state index in [4.69, 9.17) is 29.0 Å². The Balaban J connectivity index is 1.38. The zero-order valence-corrected chi connectivity index (χ0v) is 25.3. The summed E-state index contributed by atoms with van der Waals surface area (Å²) in [4.78, 5) is 24.9. The van der Waals surface area contributed by atoms with Gasteiger partial charge in [0.05, 0.1) is 12.9 Å². The summed E-state index contributed by atoms with van der Waals surface area (Å²) < 4.78 is 74.6. The summed E-state index contributed by atoms with van der Waals surface area (Å²) >= 11 is 0. The monoisotopic (exact) mass is 640 g/mol. The number of carbonyl (C=O) groups is 1. The molecule has 3 heterocycles. The van der Waals surface area contributed by atoms with Crippen molar-refractivity contribution in [2.75, 3.05) is 18.9 Å². The average Bonchev–Trinajstić information content (AvgIpc) is 3.68. The molecule has 2 fully saturated rings. The summed E-state index contributed by atoms with van der Waals surface area (Å²) in [5, 5.41) is 13.3. The van der Waals surface area contributed by atoms with E-state index in [-0.39, 0.29) is 41.5 Å². The lowest BCUT2D eigenvalue weighted by molar-refractivity contribution is -0.202. The second-order valence-corrected chi connectivity index (χ2v) is 12.5. The number of aliphatic hydroxyl groups is 1. The van der Waals surface area contributed by atoms with Crippen LogP contribution < -0.4 is 20.1 Å². The lowest BCUT2D eigenvalue weighted by Gasteiger charge is -2.28. The van der Waals surface area contributed by atoms with E-state index in [1.807, 2.05) is 0 Å². The van der Waals surface area contributed by atoms with Gasteiger partial charge in [-0.05, 0) is 58.6 Å². The van der Waals surface area contributed by atoms with E-state index in [1.165, 1.54) is 19.1 Å². The van der Waals surface area contributed by atoms with Crippen LogP contribution in [0.5, 0.6) is 11.6 Å². The molecular formula is C27H35F2N6O8P. The van der Waals surface area contributed by atoms with E-state index in [0.717, 1.165) is 30.7 Å². The summed E-state index contributed by atoms with van der Waals surface area (Å²) in [5.41, 5.74) is 3.07. The van der Waals surface area contributed by atoms with E-state index in [0.29, 0.717) is 12.8 Å². The molecule has 3 aromatic rings.